The second-order valence-corrected chi connectivity index (χ2v) is 6.30. The fourth-order valence-corrected chi connectivity index (χ4v) is 2.83. The summed E-state index contributed by atoms with van der Waals surface area (Å²) >= 11 is 0. The van der Waals surface area contributed by atoms with Gasteiger partial charge in [-0.1, -0.05) is 18.2 Å². The number of hydrogen-bond donors (Lipinski definition) is 1. The van der Waals surface area contributed by atoms with Crippen LogP contribution in [-0.2, 0) is 4.79 Å². The van der Waals surface area contributed by atoms with E-state index in [0.29, 0.717) is 16.8 Å². The van der Waals surface area contributed by atoms with Crippen molar-refractivity contribution in [3.8, 4) is 11.3 Å². The van der Waals surface area contributed by atoms with Crippen LogP contribution < -0.4 is 5.73 Å². The van der Waals surface area contributed by atoms with Gasteiger partial charge in [0.15, 0.2) is 0 Å². The van der Waals surface area contributed by atoms with Crippen molar-refractivity contribution in [2.75, 3.05) is 6.54 Å². The lowest BCUT2D eigenvalue weighted by atomic mass is 10.0. The Hall–Kier alpha value is -3.28. The van der Waals surface area contributed by atoms with Gasteiger partial charge in [-0.05, 0) is 38.1 Å². The lowest BCUT2D eigenvalue weighted by Gasteiger charge is -2.26. The molecule has 0 atom stereocenters. The number of pyridine rings is 2. The SMILES string of the molecule is CC(C)N(CC(N)=O)C(=O)c1cc(-c2ccncc2)nc2ccccc12. The van der Waals surface area contributed by atoms with Crippen molar-refractivity contribution in [2.45, 2.75) is 19.9 Å². The first-order chi connectivity index (χ1) is 12.5. The highest BCUT2D eigenvalue weighted by atomic mass is 16.2. The Morgan fingerprint density at radius 3 is 2.46 bits per heavy atom. The van der Waals surface area contributed by atoms with Gasteiger partial charge in [0, 0.05) is 29.4 Å². The summed E-state index contributed by atoms with van der Waals surface area (Å²) in [4.78, 5) is 34.8. The van der Waals surface area contributed by atoms with E-state index >= 15 is 0 Å². The Morgan fingerprint density at radius 2 is 1.81 bits per heavy atom. The summed E-state index contributed by atoms with van der Waals surface area (Å²) in [6.07, 6.45) is 3.36. The standard InChI is InChI=1S/C20H20N4O2/c1-13(2)24(12-19(21)25)20(26)16-11-18(14-7-9-22-10-8-14)23-17-6-4-3-5-15(16)17/h3-11,13H,12H2,1-2H3,(H2,21,25). The van der Waals surface area contributed by atoms with E-state index in [4.69, 9.17) is 5.73 Å². The van der Waals surface area contributed by atoms with Gasteiger partial charge in [0.05, 0.1) is 23.3 Å². The van der Waals surface area contributed by atoms with E-state index in [1.54, 1.807) is 18.5 Å². The maximum absolute atomic E-state index is 13.2. The maximum Gasteiger partial charge on any atom is 0.255 e. The third kappa shape index (κ3) is 3.54. The summed E-state index contributed by atoms with van der Waals surface area (Å²) in [5.41, 5.74) is 8.09. The molecule has 0 aliphatic carbocycles. The minimum atomic E-state index is -0.542. The molecule has 2 aromatic heterocycles. The number of carbonyl (C=O) groups is 2. The van der Waals surface area contributed by atoms with Crippen molar-refractivity contribution in [1.29, 1.82) is 0 Å². The Bertz CT molecular complexity index is 954. The number of fused-ring (bicyclic) bond motifs is 1. The van der Waals surface area contributed by atoms with Crippen LogP contribution in [0.4, 0.5) is 0 Å². The van der Waals surface area contributed by atoms with Crippen LogP contribution in [0, 0.1) is 0 Å². The first kappa shape index (κ1) is 17.5. The highest BCUT2D eigenvalue weighted by Gasteiger charge is 2.23. The second kappa shape index (κ2) is 7.31. The van der Waals surface area contributed by atoms with Crippen molar-refractivity contribution in [3.05, 3.63) is 60.4 Å². The number of amides is 2. The largest absolute Gasteiger partial charge is 0.368 e. The normalized spacial score (nSPS) is 10.9. The number of para-hydroxylation sites is 1. The fraction of sp³-hybridized carbons (Fsp3) is 0.200. The van der Waals surface area contributed by atoms with E-state index in [0.717, 1.165) is 10.9 Å². The number of nitrogens with zero attached hydrogens (tertiary/aromatic N) is 3. The number of primary amides is 1. The molecule has 26 heavy (non-hydrogen) atoms. The van der Waals surface area contributed by atoms with E-state index in [9.17, 15) is 9.59 Å². The molecule has 1 aromatic carbocycles. The molecule has 6 heteroatoms. The summed E-state index contributed by atoms with van der Waals surface area (Å²) in [5.74, 6) is -0.785. The van der Waals surface area contributed by atoms with E-state index in [1.807, 2.05) is 50.2 Å². The van der Waals surface area contributed by atoms with Crippen molar-refractivity contribution in [1.82, 2.24) is 14.9 Å². The smallest absolute Gasteiger partial charge is 0.255 e. The van der Waals surface area contributed by atoms with Gasteiger partial charge in [-0.15, -0.1) is 0 Å². The van der Waals surface area contributed by atoms with Gasteiger partial charge >= 0.3 is 0 Å². The highest BCUT2D eigenvalue weighted by Crippen LogP contribution is 2.26. The monoisotopic (exact) mass is 348 g/mol. The molecule has 0 saturated carbocycles. The zero-order valence-electron chi connectivity index (χ0n) is 14.7. The van der Waals surface area contributed by atoms with Crippen LogP contribution >= 0.6 is 0 Å². The quantitative estimate of drug-likeness (QED) is 0.767. The molecule has 132 valence electrons. The van der Waals surface area contributed by atoms with Gasteiger partial charge in [0.2, 0.25) is 5.91 Å². The molecule has 0 bridgehead atoms. The summed E-state index contributed by atoms with van der Waals surface area (Å²) in [7, 11) is 0. The minimum Gasteiger partial charge on any atom is -0.368 e. The Kier molecular flexibility index (Phi) is 4.93. The molecule has 2 N–H and O–H groups in total. The maximum atomic E-state index is 13.2. The van der Waals surface area contributed by atoms with E-state index in [1.165, 1.54) is 4.90 Å². The third-order valence-corrected chi connectivity index (χ3v) is 4.13. The van der Waals surface area contributed by atoms with Crippen LogP contribution in [0.25, 0.3) is 22.2 Å². The number of hydrogen-bond acceptors (Lipinski definition) is 4. The van der Waals surface area contributed by atoms with Gasteiger partial charge < -0.3 is 10.6 Å². The molecule has 0 aliphatic rings. The van der Waals surface area contributed by atoms with Crippen LogP contribution in [0.5, 0.6) is 0 Å². The zero-order valence-corrected chi connectivity index (χ0v) is 14.7. The number of carbonyl (C=O) groups excluding carboxylic acids is 2. The predicted octanol–water partition coefficient (Wildman–Crippen LogP) is 2.63. The molecule has 6 nitrogen and oxygen atoms in total. The lowest BCUT2D eigenvalue weighted by molar-refractivity contribution is -0.119. The average molecular weight is 348 g/mol. The first-order valence-corrected chi connectivity index (χ1v) is 8.37. The molecule has 3 rings (SSSR count). The second-order valence-electron chi connectivity index (χ2n) is 6.30. The average Bonchev–Trinajstić information content (AvgIpc) is 2.65. The molecule has 0 saturated heterocycles. The van der Waals surface area contributed by atoms with Gasteiger partial charge in [-0.3, -0.25) is 14.6 Å². The summed E-state index contributed by atoms with van der Waals surface area (Å²) in [6.45, 7) is 3.58. The van der Waals surface area contributed by atoms with Crippen LogP contribution in [0.3, 0.4) is 0 Å². The van der Waals surface area contributed by atoms with Gasteiger partial charge in [-0.2, -0.15) is 0 Å². The van der Waals surface area contributed by atoms with Gasteiger partial charge in [0.1, 0.15) is 0 Å². The van der Waals surface area contributed by atoms with E-state index in [2.05, 4.69) is 9.97 Å². The Labute approximate surface area is 151 Å². The van der Waals surface area contributed by atoms with Crippen molar-refractivity contribution >= 4 is 22.7 Å². The lowest BCUT2D eigenvalue weighted by Crippen LogP contribution is -2.42. The van der Waals surface area contributed by atoms with Crippen LogP contribution in [-0.4, -0.2) is 39.3 Å². The molecule has 0 aliphatic heterocycles. The molecule has 0 radical (unpaired) electrons. The molecule has 0 unspecified atom stereocenters. The fourth-order valence-electron chi connectivity index (χ4n) is 2.83. The van der Waals surface area contributed by atoms with Crippen molar-refractivity contribution < 1.29 is 9.59 Å². The number of nitrogens with two attached hydrogens (primary N) is 1. The van der Waals surface area contributed by atoms with Crippen LogP contribution in [0.2, 0.25) is 0 Å². The van der Waals surface area contributed by atoms with Gasteiger partial charge in [0.25, 0.3) is 5.91 Å². The minimum absolute atomic E-state index is 0.127. The summed E-state index contributed by atoms with van der Waals surface area (Å²) in [6, 6.07) is 12.7. The van der Waals surface area contributed by atoms with Crippen LogP contribution in [0.15, 0.2) is 54.9 Å². The third-order valence-electron chi connectivity index (χ3n) is 4.13. The molecule has 0 fully saturated rings. The Balaban J connectivity index is 2.17. The zero-order chi connectivity index (χ0) is 18.7. The summed E-state index contributed by atoms with van der Waals surface area (Å²) in [5, 5.41) is 0.741. The van der Waals surface area contributed by atoms with E-state index in [-0.39, 0.29) is 18.5 Å². The predicted molar refractivity (Wildman–Crippen MR) is 100 cm³/mol. The van der Waals surface area contributed by atoms with Crippen molar-refractivity contribution in [3.63, 3.8) is 0 Å². The molecular weight excluding hydrogens is 328 g/mol. The molecule has 2 amide bonds. The topological polar surface area (TPSA) is 89.2 Å². The molecule has 3 aromatic rings. The molecule has 2 heterocycles. The van der Waals surface area contributed by atoms with Crippen molar-refractivity contribution in [2.24, 2.45) is 5.73 Å². The highest BCUT2D eigenvalue weighted by molar-refractivity contribution is 6.08. The molecule has 0 spiro atoms. The molecular formula is C20H20N4O2. The number of aromatic nitrogens is 2. The number of rotatable bonds is 5. The van der Waals surface area contributed by atoms with E-state index < -0.39 is 5.91 Å². The number of benzene rings is 1. The van der Waals surface area contributed by atoms with Crippen LogP contribution in [0.1, 0.15) is 24.2 Å². The first-order valence-electron chi connectivity index (χ1n) is 8.37. The Morgan fingerprint density at radius 1 is 1.12 bits per heavy atom. The van der Waals surface area contributed by atoms with Gasteiger partial charge in [-0.25, -0.2) is 4.98 Å². The summed E-state index contributed by atoms with van der Waals surface area (Å²) < 4.78 is 0.